The lowest BCUT2D eigenvalue weighted by molar-refractivity contribution is 0.479. The molecule has 53 heavy (non-hydrogen) atoms. The minimum atomic E-state index is -0.265. The van der Waals surface area contributed by atoms with Crippen LogP contribution in [0.3, 0.4) is 0 Å². The van der Waals surface area contributed by atoms with Crippen molar-refractivity contribution in [3.8, 4) is 51.1 Å². The number of nitrogens with zero attached hydrogens (tertiary/aromatic N) is 3. The summed E-state index contributed by atoms with van der Waals surface area (Å²) in [5.74, 6) is 3.31. The first-order valence-corrected chi connectivity index (χ1v) is 18.0. The Morgan fingerprint density at radius 2 is 1.00 bits per heavy atom. The summed E-state index contributed by atoms with van der Waals surface area (Å²) in [6, 6.07) is 59.9. The van der Waals surface area contributed by atoms with Gasteiger partial charge in [0.25, 0.3) is 0 Å². The Morgan fingerprint density at radius 1 is 0.453 bits per heavy atom. The van der Waals surface area contributed by atoms with Gasteiger partial charge in [0.05, 0.1) is 33.4 Å². The molecule has 0 atom stereocenters. The molecule has 0 aliphatic carbocycles. The molecule has 2 aliphatic heterocycles. The Balaban J connectivity index is 1.18. The van der Waals surface area contributed by atoms with E-state index in [2.05, 4.69) is 155 Å². The maximum atomic E-state index is 6.72. The third-order valence-electron chi connectivity index (χ3n) is 11.0. The van der Waals surface area contributed by atoms with Crippen molar-refractivity contribution in [2.75, 3.05) is 0 Å². The van der Waals surface area contributed by atoms with Crippen molar-refractivity contribution in [1.29, 1.82) is 0 Å². The van der Waals surface area contributed by atoms with Crippen molar-refractivity contribution in [1.82, 2.24) is 14.1 Å². The lowest BCUT2D eigenvalue weighted by atomic mass is 9.50. The van der Waals surface area contributed by atoms with E-state index >= 15 is 0 Å². The van der Waals surface area contributed by atoms with Crippen LogP contribution in [0.1, 0.15) is 0 Å². The van der Waals surface area contributed by atoms with Crippen molar-refractivity contribution in [3.05, 3.63) is 170 Å². The minimum Gasteiger partial charge on any atom is -0.551 e. The highest BCUT2D eigenvalue weighted by Crippen LogP contribution is 2.42. The SMILES string of the molecule is c1ccc2c(c1)Oc1cc(-c3cc(-n4c5ccccc5c5ccccc54)cc(-n4c5ccccc5c5ccccc54)n3)cc3c1B2Oc1ccccc1-3. The fraction of sp³-hybridized carbons (Fsp3) is 0. The fourth-order valence-corrected chi connectivity index (χ4v) is 8.72. The van der Waals surface area contributed by atoms with Crippen molar-refractivity contribution in [2.45, 2.75) is 0 Å². The summed E-state index contributed by atoms with van der Waals surface area (Å²) >= 11 is 0. The average molecular weight is 678 g/mol. The van der Waals surface area contributed by atoms with E-state index in [1.54, 1.807) is 0 Å². The Kier molecular flexibility index (Phi) is 5.80. The molecular formula is C47H28BN3O2. The zero-order chi connectivity index (χ0) is 34.6. The molecule has 5 heterocycles. The van der Waals surface area contributed by atoms with Crippen LogP contribution in [0, 0.1) is 0 Å². The van der Waals surface area contributed by atoms with Gasteiger partial charge in [-0.15, -0.1) is 0 Å². The molecule has 5 nitrogen and oxygen atoms in total. The summed E-state index contributed by atoms with van der Waals surface area (Å²) < 4.78 is 18.1. The highest BCUT2D eigenvalue weighted by atomic mass is 16.5. The Bertz CT molecular complexity index is 2920. The molecule has 0 fully saturated rings. The van der Waals surface area contributed by atoms with Gasteiger partial charge in [-0.2, -0.15) is 0 Å². The van der Waals surface area contributed by atoms with Gasteiger partial charge in [-0.1, -0.05) is 109 Å². The number of para-hydroxylation sites is 6. The van der Waals surface area contributed by atoms with E-state index < -0.39 is 0 Å². The molecule has 7 aromatic carbocycles. The van der Waals surface area contributed by atoms with Crippen LogP contribution in [-0.4, -0.2) is 21.0 Å². The monoisotopic (exact) mass is 677 g/mol. The van der Waals surface area contributed by atoms with E-state index in [1.807, 2.05) is 24.3 Å². The van der Waals surface area contributed by atoms with Gasteiger partial charge in [-0.05, 0) is 60.2 Å². The summed E-state index contributed by atoms with van der Waals surface area (Å²) in [6.07, 6.45) is 0. The fourth-order valence-electron chi connectivity index (χ4n) is 8.72. The number of pyridine rings is 1. The normalized spacial score (nSPS) is 12.8. The summed E-state index contributed by atoms with van der Waals surface area (Å²) in [7, 11) is 0. The number of fused-ring (bicyclic) bond motifs is 10. The summed E-state index contributed by atoms with van der Waals surface area (Å²) in [4.78, 5) is 5.54. The number of aromatic nitrogens is 3. The second-order valence-electron chi connectivity index (χ2n) is 13.9. The lowest BCUT2D eigenvalue weighted by Gasteiger charge is -2.33. The molecule has 3 aromatic heterocycles. The van der Waals surface area contributed by atoms with Gasteiger partial charge in [-0.3, -0.25) is 4.57 Å². The summed E-state index contributed by atoms with van der Waals surface area (Å²) in [5.41, 5.74) is 11.6. The minimum absolute atomic E-state index is 0.265. The zero-order valence-electron chi connectivity index (χ0n) is 28.4. The molecule has 246 valence electrons. The van der Waals surface area contributed by atoms with Gasteiger partial charge < -0.3 is 14.0 Å². The molecule has 12 rings (SSSR count). The van der Waals surface area contributed by atoms with Gasteiger partial charge in [0.2, 0.25) is 0 Å². The van der Waals surface area contributed by atoms with Crippen LogP contribution in [0.2, 0.25) is 0 Å². The van der Waals surface area contributed by atoms with Crippen LogP contribution < -0.4 is 20.3 Å². The largest absolute Gasteiger partial charge is 0.551 e. The quantitative estimate of drug-likeness (QED) is 0.175. The van der Waals surface area contributed by atoms with Gasteiger partial charge in [0.1, 0.15) is 23.1 Å². The van der Waals surface area contributed by atoms with E-state index in [1.165, 1.54) is 21.5 Å². The summed E-state index contributed by atoms with van der Waals surface area (Å²) in [5, 5.41) is 4.82. The Hall–Kier alpha value is -7.05. The third-order valence-corrected chi connectivity index (χ3v) is 11.0. The van der Waals surface area contributed by atoms with E-state index in [0.717, 1.165) is 84.1 Å². The smallest absolute Gasteiger partial charge is 0.434 e. The first-order valence-electron chi connectivity index (χ1n) is 18.0. The Morgan fingerprint density at radius 3 is 1.66 bits per heavy atom. The number of rotatable bonds is 3. The van der Waals surface area contributed by atoms with E-state index in [0.29, 0.717) is 0 Å². The Labute approximate surface area is 305 Å². The van der Waals surface area contributed by atoms with Gasteiger partial charge in [-0.25, -0.2) is 4.98 Å². The van der Waals surface area contributed by atoms with Gasteiger partial charge in [0.15, 0.2) is 0 Å². The maximum absolute atomic E-state index is 6.72. The molecule has 0 unspecified atom stereocenters. The van der Waals surface area contributed by atoms with Crippen LogP contribution in [0.25, 0.3) is 77.5 Å². The molecular weight excluding hydrogens is 649 g/mol. The van der Waals surface area contributed by atoms with Crippen molar-refractivity contribution < 1.29 is 9.39 Å². The lowest BCUT2D eigenvalue weighted by Crippen LogP contribution is -2.53. The molecule has 0 N–H and O–H groups in total. The number of hydrogen-bond acceptors (Lipinski definition) is 3. The van der Waals surface area contributed by atoms with Crippen LogP contribution in [-0.2, 0) is 0 Å². The van der Waals surface area contributed by atoms with Crippen LogP contribution in [0.4, 0.5) is 0 Å². The number of hydrogen-bond donors (Lipinski definition) is 0. The van der Waals surface area contributed by atoms with Crippen molar-refractivity contribution >= 4 is 61.5 Å². The zero-order valence-corrected chi connectivity index (χ0v) is 28.4. The molecule has 0 spiro atoms. The topological polar surface area (TPSA) is 41.2 Å². The molecule has 6 heteroatoms. The highest BCUT2D eigenvalue weighted by Gasteiger charge is 2.41. The number of ether oxygens (including phenoxy) is 1. The molecule has 0 saturated heterocycles. The van der Waals surface area contributed by atoms with Crippen LogP contribution in [0.15, 0.2) is 170 Å². The molecule has 0 amide bonds. The molecule has 10 aromatic rings. The van der Waals surface area contributed by atoms with E-state index in [-0.39, 0.29) is 6.92 Å². The van der Waals surface area contributed by atoms with E-state index in [4.69, 9.17) is 14.4 Å². The average Bonchev–Trinajstić information content (AvgIpc) is 3.74. The molecule has 0 saturated carbocycles. The second-order valence-corrected chi connectivity index (χ2v) is 13.9. The van der Waals surface area contributed by atoms with Crippen molar-refractivity contribution in [3.63, 3.8) is 0 Å². The maximum Gasteiger partial charge on any atom is 0.434 e. The first-order chi connectivity index (χ1) is 26.3. The van der Waals surface area contributed by atoms with Crippen LogP contribution in [0.5, 0.6) is 17.2 Å². The second kappa shape index (κ2) is 10.7. The molecule has 2 aliphatic rings. The van der Waals surface area contributed by atoms with Crippen LogP contribution >= 0.6 is 0 Å². The van der Waals surface area contributed by atoms with Crippen molar-refractivity contribution in [2.24, 2.45) is 0 Å². The standard InChI is InChI=1S/C47H28BN3O2/c1-7-19-39-31(13-1)32-14-2-8-20-40(32)50(39)30-27-38(49-46(28-30)51-41-21-9-3-15-33(41)34-16-4-10-22-42(34)51)29-25-36-35-17-5-11-23-43(35)53-48-37-18-6-12-24-44(37)52-45(26-29)47(36)48/h1-28H. The third kappa shape index (κ3) is 4.06. The summed E-state index contributed by atoms with van der Waals surface area (Å²) in [6.45, 7) is -0.265. The first kappa shape index (κ1) is 28.6. The predicted octanol–water partition coefficient (Wildman–Crippen LogP) is 10.2. The molecule has 0 bridgehead atoms. The number of benzene rings is 7. The highest BCUT2D eigenvalue weighted by molar-refractivity contribution is 6.84. The molecule has 0 radical (unpaired) electrons. The van der Waals surface area contributed by atoms with E-state index in [9.17, 15) is 0 Å². The predicted molar refractivity (Wildman–Crippen MR) is 216 cm³/mol. The van der Waals surface area contributed by atoms with Gasteiger partial charge in [0, 0.05) is 49.7 Å². The van der Waals surface area contributed by atoms with Gasteiger partial charge >= 0.3 is 6.92 Å².